The number of aliphatic carboxylic acids is 1. The highest BCUT2D eigenvalue weighted by molar-refractivity contribution is 7.98. The van der Waals surface area contributed by atoms with Gasteiger partial charge in [-0.25, -0.2) is 8.42 Å². The highest BCUT2D eigenvalue weighted by Gasteiger charge is 2.27. The Balaban J connectivity index is 2.24. The monoisotopic (exact) mass is 379 g/mol. The van der Waals surface area contributed by atoms with Crippen LogP contribution >= 0.6 is 11.8 Å². The standard InChI is InChI=1S/C18H21NO4S2/c1-12(2)17(18(20)21)19-25(22,23)16-10-6-14(7-11-16)13-4-8-15(24-3)9-5-13/h4-12,17,19H,1-3H3,(H,20,21). The molecule has 0 fully saturated rings. The van der Waals surface area contributed by atoms with E-state index >= 15 is 0 Å². The number of carboxylic acids is 1. The van der Waals surface area contributed by atoms with Crippen LogP contribution in [0.15, 0.2) is 58.3 Å². The number of benzene rings is 2. The molecule has 2 rings (SSSR count). The van der Waals surface area contributed by atoms with Crippen LogP contribution in [0.3, 0.4) is 0 Å². The average molecular weight is 380 g/mol. The summed E-state index contributed by atoms with van der Waals surface area (Å²) in [5.74, 6) is -1.55. The molecule has 0 saturated heterocycles. The maximum atomic E-state index is 12.4. The summed E-state index contributed by atoms with van der Waals surface area (Å²) in [5, 5.41) is 9.16. The van der Waals surface area contributed by atoms with Gasteiger partial charge in [0.15, 0.2) is 0 Å². The van der Waals surface area contributed by atoms with Crippen LogP contribution in [0.4, 0.5) is 0 Å². The minimum absolute atomic E-state index is 0.0453. The van der Waals surface area contributed by atoms with E-state index in [-0.39, 0.29) is 10.8 Å². The Hall–Kier alpha value is -1.83. The Morgan fingerprint density at radius 3 is 1.88 bits per heavy atom. The summed E-state index contributed by atoms with van der Waals surface area (Å²) in [7, 11) is -3.89. The number of carbonyl (C=O) groups is 1. The SMILES string of the molecule is CSc1ccc(-c2ccc(S(=O)(=O)NC(C(=O)O)C(C)C)cc2)cc1. The van der Waals surface area contributed by atoms with E-state index in [1.807, 2.05) is 30.5 Å². The summed E-state index contributed by atoms with van der Waals surface area (Å²) in [6, 6.07) is 13.2. The van der Waals surface area contributed by atoms with Crippen LogP contribution in [0.2, 0.25) is 0 Å². The topological polar surface area (TPSA) is 83.5 Å². The van der Waals surface area contributed by atoms with E-state index in [9.17, 15) is 13.2 Å². The first-order chi connectivity index (χ1) is 11.7. The van der Waals surface area contributed by atoms with E-state index in [0.29, 0.717) is 0 Å². The van der Waals surface area contributed by atoms with Crippen molar-refractivity contribution in [2.45, 2.75) is 29.7 Å². The van der Waals surface area contributed by atoms with Gasteiger partial charge in [-0.15, -0.1) is 11.8 Å². The second-order valence-corrected chi connectivity index (χ2v) is 8.53. The van der Waals surface area contributed by atoms with Crippen molar-refractivity contribution < 1.29 is 18.3 Å². The first kappa shape index (κ1) is 19.5. The lowest BCUT2D eigenvalue weighted by Crippen LogP contribution is -2.44. The molecule has 1 atom stereocenters. The first-order valence-corrected chi connectivity index (χ1v) is 10.4. The third kappa shape index (κ3) is 4.84. The van der Waals surface area contributed by atoms with Crippen LogP contribution in [0.5, 0.6) is 0 Å². The number of thioether (sulfide) groups is 1. The lowest BCUT2D eigenvalue weighted by atomic mass is 10.1. The van der Waals surface area contributed by atoms with Gasteiger partial charge in [0, 0.05) is 4.90 Å². The summed E-state index contributed by atoms with van der Waals surface area (Å²) in [6.07, 6.45) is 2.00. The molecule has 2 aromatic rings. The minimum Gasteiger partial charge on any atom is -0.480 e. The van der Waals surface area contributed by atoms with Gasteiger partial charge in [0.05, 0.1) is 4.90 Å². The van der Waals surface area contributed by atoms with Crippen molar-refractivity contribution in [3.05, 3.63) is 48.5 Å². The van der Waals surface area contributed by atoms with Crippen molar-refractivity contribution in [3.8, 4) is 11.1 Å². The number of hydrogen-bond acceptors (Lipinski definition) is 4. The molecule has 1 unspecified atom stereocenters. The Morgan fingerprint density at radius 2 is 1.48 bits per heavy atom. The lowest BCUT2D eigenvalue weighted by molar-refractivity contribution is -0.140. The lowest BCUT2D eigenvalue weighted by Gasteiger charge is -2.18. The normalized spacial score (nSPS) is 13.0. The van der Waals surface area contributed by atoms with Gasteiger partial charge < -0.3 is 5.11 Å². The van der Waals surface area contributed by atoms with E-state index in [1.54, 1.807) is 37.7 Å². The van der Waals surface area contributed by atoms with E-state index in [4.69, 9.17) is 5.11 Å². The van der Waals surface area contributed by atoms with Crippen LogP contribution in [0.1, 0.15) is 13.8 Å². The molecule has 25 heavy (non-hydrogen) atoms. The Labute approximate surface area is 152 Å². The van der Waals surface area contributed by atoms with Gasteiger partial charge in [0.2, 0.25) is 10.0 Å². The zero-order valence-corrected chi connectivity index (χ0v) is 15.9. The maximum absolute atomic E-state index is 12.4. The molecule has 0 aliphatic rings. The summed E-state index contributed by atoms with van der Waals surface area (Å²) in [6.45, 7) is 3.31. The van der Waals surface area contributed by atoms with E-state index in [0.717, 1.165) is 16.0 Å². The van der Waals surface area contributed by atoms with Crippen molar-refractivity contribution in [3.63, 3.8) is 0 Å². The predicted octanol–water partition coefficient (Wildman–Crippen LogP) is 3.46. The van der Waals surface area contributed by atoms with Crippen molar-refractivity contribution in [1.82, 2.24) is 4.72 Å². The molecule has 0 aromatic heterocycles. The number of nitrogens with one attached hydrogen (secondary N) is 1. The Bertz CT molecular complexity index is 828. The minimum atomic E-state index is -3.89. The molecule has 0 bridgehead atoms. The van der Waals surface area contributed by atoms with E-state index in [2.05, 4.69) is 4.72 Å². The quantitative estimate of drug-likeness (QED) is 0.720. The second kappa shape index (κ2) is 8.03. The van der Waals surface area contributed by atoms with Crippen molar-refractivity contribution in [2.24, 2.45) is 5.92 Å². The molecule has 5 nitrogen and oxygen atoms in total. The van der Waals surface area contributed by atoms with Crippen LogP contribution in [-0.2, 0) is 14.8 Å². The van der Waals surface area contributed by atoms with Crippen LogP contribution in [0.25, 0.3) is 11.1 Å². The first-order valence-electron chi connectivity index (χ1n) is 7.74. The maximum Gasteiger partial charge on any atom is 0.322 e. The van der Waals surface area contributed by atoms with Crippen LogP contribution in [-0.4, -0.2) is 31.8 Å². The molecule has 0 amide bonds. The van der Waals surface area contributed by atoms with E-state index < -0.39 is 22.0 Å². The number of carboxylic acid groups (broad SMARTS) is 1. The molecule has 7 heteroatoms. The molecule has 2 aromatic carbocycles. The molecule has 0 heterocycles. The largest absolute Gasteiger partial charge is 0.480 e. The molecule has 0 spiro atoms. The molecule has 2 N–H and O–H groups in total. The van der Waals surface area contributed by atoms with Gasteiger partial charge in [0.1, 0.15) is 6.04 Å². The summed E-state index contributed by atoms with van der Waals surface area (Å²) in [4.78, 5) is 12.4. The van der Waals surface area contributed by atoms with Crippen molar-refractivity contribution in [2.75, 3.05) is 6.26 Å². The van der Waals surface area contributed by atoms with Gasteiger partial charge in [-0.3, -0.25) is 4.79 Å². The number of sulfonamides is 1. The fourth-order valence-electron chi connectivity index (χ4n) is 2.32. The molecule has 0 aliphatic carbocycles. The summed E-state index contributed by atoms with van der Waals surface area (Å²) in [5.41, 5.74) is 1.88. The highest BCUT2D eigenvalue weighted by atomic mass is 32.2. The van der Waals surface area contributed by atoms with Gasteiger partial charge >= 0.3 is 5.97 Å². The van der Waals surface area contributed by atoms with Crippen LogP contribution in [0, 0.1) is 5.92 Å². The van der Waals surface area contributed by atoms with Crippen molar-refractivity contribution in [1.29, 1.82) is 0 Å². The predicted molar refractivity (Wildman–Crippen MR) is 100 cm³/mol. The van der Waals surface area contributed by atoms with Crippen molar-refractivity contribution >= 4 is 27.8 Å². The average Bonchev–Trinajstić information content (AvgIpc) is 2.59. The zero-order valence-electron chi connectivity index (χ0n) is 14.3. The molecular formula is C18H21NO4S2. The summed E-state index contributed by atoms with van der Waals surface area (Å²) >= 11 is 1.65. The Morgan fingerprint density at radius 1 is 1.00 bits per heavy atom. The fraction of sp³-hybridized carbons (Fsp3) is 0.278. The van der Waals surface area contributed by atoms with E-state index in [1.165, 1.54) is 12.1 Å². The molecule has 0 saturated carbocycles. The number of rotatable bonds is 7. The second-order valence-electron chi connectivity index (χ2n) is 5.93. The molecule has 134 valence electrons. The van der Waals surface area contributed by atoms with Gasteiger partial charge in [-0.1, -0.05) is 38.1 Å². The fourth-order valence-corrected chi connectivity index (χ4v) is 4.06. The third-order valence-corrected chi connectivity index (χ3v) is 6.00. The zero-order chi connectivity index (χ0) is 18.6. The van der Waals surface area contributed by atoms with Gasteiger partial charge in [-0.2, -0.15) is 4.72 Å². The number of hydrogen-bond donors (Lipinski definition) is 2. The summed E-state index contributed by atoms with van der Waals surface area (Å²) < 4.78 is 27.1. The Kier molecular flexibility index (Phi) is 6.26. The van der Waals surface area contributed by atoms with Gasteiger partial charge in [0.25, 0.3) is 0 Å². The molecule has 0 aliphatic heterocycles. The third-order valence-electron chi connectivity index (χ3n) is 3.80. The van der Waals surface area contributed by atoms with Gasteiger partial charge in [-0.05, 0) is 47.6 Å². The smallest absolute Gasteiger partial charge is 0.322 e. The molecular weight excluding hydrogens is 358 g/mol. The van der Waals surface area contributed by atoms with Crippen LogP contribution < -0.4 is 4.72 Å². The highest BCUT2D eigenvalue weighted by Crippen LogP contribution is 2.24. The molecule has 0 radical (unpaired) electrons.